The molecule has 8 nitrogen and oxygen atoms in total. The van der Waals surface area contributed by atoms with E-state index in [-0.39, 0.29) is 23.8 Å². The lowest BCUT2D eigenvalue weighted by atomic mass is 9.97. The maximum atomic E-state index is 13.2. The Morgan fingerprint density at radius 2 is 1.81 bits per heavy atom. The molecule has 0 unspecified atom stereocenters. The maximum absolute atomic E-state index is 13.2. The van der Waals surface area contributed by atoms with Crippen LogP contribution in [0.15, 0.2) is 42.5 Å². The molecule has 0 radical (unpaired) electrons. The number of nitro groups is 1. The Balaban J connectivity index is 2.42. The van der Waals surface area contributed by atoms with E-state index in [1.165, 1.54) is 24.3 Å². The molecule has 0 aliphatic carbocycles. The predicted molar refractivity (Wildman–Crippen MR) is 122 cm³/mol. The molecule has 2 aromatic carbocycles. The largest absolute Gasteiger partial charge is 0.347 e. The predicted octanol–water partition coefficient (Wildman–Crippen LogP) is 4.02. The van der Waals surface area contributed by atoms with Crippen LogP contribution >= 0.6 is 0 Å². The number of carbonyl (C=O) groups excluding carboxylic acids is 1. The van der Waals surface area contributed by atoms with E-state index in [4.69, 9.17) is 0 Å². The molecular weight excluding hydrogens is 418 g/mol. The zero-order valence-corrected chi connectivity index (χ0v) is 19.3. The standard InChI is InChI=1S/C22H29N3O5S/c1-6-20(19-12-11-15(3)13-16(19)4)23-22(26)21(7-2)24(31(5,29)30)17-9-8-10-18(14-17)25(27)28/h8-14,20-21H,6-7H2,1-5H3,(H,23,26)/t20-,21+/m0/s1. The number of anilines is 1. The van der Waals surface area contributed by atoms with Gasteiger partial charge in [0.25, 0.3) is 5.69 Å². The zero-order valence-electron chi connectivity index (χ0n) is 18.5. The number of aryl methyl sites for hydroxylation is 2. The number of carbonyl (C=O) groups is 1. The van der Waals surface area contributed by atoms with Gasteiger partial charge in [-0.05, 0) is 43.9 Å². The van der Waals surface area contributed by atoms with Gasteiger partial charge in [-0.1, -0.05) is 43.7 Å². The quantitative estimate of drug-likeness (QED) is 0.461. The third kappa shape index (κ3) is 5.81. The summed E-state index contributed by atoms with van der Waals surface area (Å²) in [7, 11) is -3.89. The summed E-state index contributed by atoms with van der Waals surface area (Å²) in [6, 6.07) is 9.94. The summed E-state index contributed by atoms with van der Waals surface area (Å²) in [4.78, 5) is 23.8. The van der Waals surface area contributed by atoms with Crippen molar-refractivity contribution in [2.75, 3.05) is 10.6 Å². The van der Waals surface area contributed by atoms with E-state index >= 15 is 0 Å². The summed E-state index contributed by atoms with van der Waals surface area (Å²) in [5, 5.41) is 14.1. The summed E-state index contributed by atoms with van der Waals surface area (Å²) < 4.78 is 26.2. The van der Waals surface area contributed by atoms with Crippen LogP contribution in [0.2, 0.25) is 0 Å². The van der Waals surface area contributed by atoms with Gasteiger partial charge in [-0.3, -0.25) is 19.2 Å². The first-order valence-electron chi connectivity index (χ1n) is 10.1. The molecule has 0 heterocycles. The number of non-ortho nitro benzene ring substituents is 1. The van der Waals surface area contributed by atoms with Gasteiger partial charge in [0.05, 0.1) is 22.9 Å². The Morgan fingerprint density at radius 3 is 2.32 bits per heavy atom. The van der Waals surface area contributed by atoms with Crippen molar-refractivity contribution in [2.24, 2.45) is 0 Å². The van der Waals surface area contributed by atoms with E-state index in [0.29, 0.717) is 6.42 Å². The Morgan fingerprint density at radius 1 is 1.13 bits per heavy atom. The third-order valence-electron chi connectivity index (χ3n) is 5.15. The van der Waals surface area contributed by atoms with Gasteiger partial charge in [-0.25, -0.2) is 8.42 Å². The van der Waals surface area contributed by atoms with Crippen LogP contribution in [0.1, 0.15) is 49.4 Å². The second kappa shape index (κ2) is 9.91. The number of rotatable bonds is 9. The molecule has 168 valence electrons. The molecule has 0 spiro atoms. The molecule has 9 heteroatoms. The fourth-order valence-corrected chi connectivity index (χ4v) is 4.89. The van der Waals surface area contributed by atoms with Gasteiger partial charge in [0.2, 0.25) is 15.9 Å². The highest BCUT2D eigenvalue weighted by Crippen LogP contribution is 2.28. The first-order chi connectivity index (χ1) is 14.5. The number of nitro benzene ring substituents is 1. The lowest BCUT2D eigenvalue weighted by Gasteiger charge is -2.31. The minimum atomic E-state index is -3.89. The van der Waals surface area contributed by atoms with Gasteiger partial charge < -0.3 is 5.32 Å². The fourth-order valence-electron chi connectivity index (χ4n) is 3.69. The molecular formula is C22H29N3O5S. The van der Waals surface area contributed by atoms with Crippen LogP contribution in [0.25, 0.3) is 0 Å². The topological polar surface area (TPSA) is 110 Å². The summed E-state index contributed by atoms with van der Waals surface area (Å²) in [5.74, 6) is -0.453. The summed E-state index contributed by atoms with van der Waals surface area (Å²) >= 11 is 0. The fraction of sp³-hybridized carbons (Fsp3) is 0.409. The second-order valence-corrected chi connectivity index (χ2v) is 9.45. The van der Waals surface area contributed by atoms with E-state index < -0.39 is 26.9 Å². The first-order valence-corrected chi connectivity index (χ1v) is 12.0. The van der Waals surface area contributed by atoms with Crippen molar-refractivity contribution in [2.45, 2.75) is 52.6 Å². The summed E-state index contributed by atoms with van der Waals surface area (Å²) in [5.41, 5.74) is 2.96. The van der Waals surface area contributed by atoms with E-state index in [1.807, 2.05) is 39.0 Å². The van der Waals surface area contributed by atoms with Gasteiger partial charge in [-0.15, -0.1) is 0 Å². The summed E-state index contributed by atoms with van der Waals surface area (Å²) in [6.45, 7) is 7.62. The molecule has 0 saturated carbocycles. The Kier molecular flexibility index (Phi) is 7.78. The Bertz CT molecular complexity index is 1070. The molecule has 0 aliphatic rings. The number of amides is 1. The van der Waals surface area contributed by atoms with Crippen molar-refractivity contribution < 1.29 is 18.1 Å². The van der Waals surface area contributed by atoms with Crippen LogP contribution in [0.3, 0.4) is 0 Å². The van der Waals surface area contributed by atoms with E-state index in [0.717, 1.165) is 27.3 Å². The van der Waals surface area contributed by atoms with Crippen molar-refractivity contribution >= 4 is 27.3 Å². The molecule has 1 N–H and O–H groups in total. The van der Waals surface area contributed by atoms with Gasteiger partial charge in [0, 0.05) is 12.1 Å². The highest BCUT2D eigenvalue weighted by Gasteiger charge is 2.33. The first kappa shape index (κ1) is 24.3. The molecule has 0 aliphatic heterocycles. The maximum Gasteiger partial charge on any atom is 0.271 e. The van der Waals surface area contributed by atoms with E-state index in [2.05, 4.69) is 5.32 Å². The van der Waals surface area contributed by atoms with E-state index in [9.17, 15) is 23.3 Å². The van der Waals surface area contributed by atoms with Crippen LogP contribution in [-0.2, 0) is 14.8 Å². The number of benzene rings is 2. The zero-order chi connectivity index (χ0) is 23.3. The minimum absolute atomic E-state index is 0.0817. The SMILES string of the molecule is CC[C@H](NC(=O)[C@@H](CC)N(c1cccc([N+](=O)[O-])c1)S(C)(=O)=O)c1ccc(C)cc1C. The van der Waals surface area contributed by atoms with Crippen LogP contribution in [0, 0.1) is 24.0 Å². The molecule has 2 atom stereocenters. The third-order valence-corrected chi connectivity index (χ3v) is 6.33. The molecule has 0 saturated heterocycles. The molecule has 31 heavy (non-hydrogen) atoms. The van der Waals surface area contributed by atoms with Crippen molar-refractivity contribution in [1.82, 2.24) is 5.32 Å². The molecule has 2 rings (SSSR count). The van der Waals surface area contributed by atoms with Crippen LogP contribution in [0.4, 0.5) is 11.4 Å². The molecule has 0 fully saturated rings. The van der Waals surface area contributed by atoms with Crippen LogP contribution < -0.4 is 9.62 Å². The van der Waals surface area contributed by atoms with E-state index in [1.54, 1.807) is 6.92 Å². The molecule has 1 amide bonds. The monoisotopic (exact) mass is 447 g/mol. The molecule has 0 aromatic heterocycles. The minimum Gasteiger partial charge on any atom is -0.347 e. The lowest BCUT2D eigenvalue weighted by Crippen LogP contribution is -2.50. The van der Waals surface area contributed by atoms with Crippen LogP contribution in [0.5, 0.6) is 0 Å². The highest BCUT2D eigenvalue weighted by molar-refractivity contribution is 7.92. The molecule has 0 bridgehead atoms. The van der Waals surface area contributed by atoms with Gasteiger partial charge in [0.15, 0.2) is 0 Å². The number of nitrogens with zero attached hydrogens (tertiary/aromatic N) is 2. The van der Waals surface area contributed by atoms with Gasteiger partial charge >= 0.3 is 0 Å². The van der Waals surface area contributed by atoms with Gasteiger partial charge in [0.1, 0.15) is 6.04 Å². The highest BCUT2D eigenvalue weighted by atomic mass is 32.2. The van der Waals surface area contributed by atoms with Crippen molar-refractivity contribution in [3.05, 3.63) is 69.3 Å². The van der Waals surface area contributed by atoms with Crippen LogP contribution in [-0.4, -0.2) is 31.5 Å². The summed E-state index contributed by atoms with van der Waals surface area (Å²) in [6.07, 6.45) is 1.82. The number of hydrogen-bond acceptors (Lipinski definition) is 5. The average molecular weight is 448 g/mol. The Hall–Kier alpha value is -2.94. The van der Waals surface area contributed by atoms with Gasteiger partial charge in [-0.2, -0.15) is 0 Å². The number of hydrogen-bond donors (Lipinski definition) is 1. The average Bonchev–Trinajstić information content (AvgIpc) is 2.69. The normalized spacial score (nSPS) is 13.3. The lowest BCUT2D eigenvalue weighted by molar-refractivity contribution is -0.384. The van der Waals surface area contributed by atoms with Crippen molar-refractivity contribution in [3.8, 4) is 0 Å². The molecule has 2 aromatic rings. The smallest absolute Gasteiger partial charge is 0.271 e. The van der Waals surface area contributed by atoms with Crippen molar-refractivity contribution in [1.29, 1.82) is 0 Å². The van der Waals surface area contributed by atoms with Crippen molar-refractivity contribution in [3.63, 3.8) is 0 Å². The Labute approximate surface area is 183 Å². The second-order valence-electron chi connectivity index (χ2n) is 7.59. The number of sulfonamides is 1. The number of nitrogens with one attached hydrogen (secondary N) is 1.